The molecule has 0 N–H and O–H groups in total. The molecule has 0 fully saturated rings. The Morgan fingerprint density at radius 1 is 0.947 bits per heavy atom. The molecule has 0 aromatic heterocycles. The fourth-order valence-corrected chi connectivity index (χ4v) is 3.85. The average Bonchev–Trinajstić information content (AvgIpc) is 2.43. The molecule has 1 aromatic rings. The van der Waals surface area contributed by atoms with Gasteiger partial charge in [-0.05, 0) is 24.5 Å². The van der Waals surface area contributed by atoms with Crippen LogP contribution in [0.1, 0.15) is 52.4 Å². The lowest BCUT2D eigenvalue weighted by Gasteiger charge is -2.15. The smallest absolute Gasteiger partial charge is 0.178 e. The summed E-state index contributed by atoms with van der Waals surface area (Å²) < 4.78 is 24.4. The first-order valence-electron chi connectivity index (χ1n) is 7.38. The molecule has 3 heteroatoms. The summed E-state index contributed by atoms with van der Waals surface area (Å²) in [6.07, 6.45) is 6.63. The maximum absolute atomic E-state index is 12.2. The molecule has 1 atom stereocenters. The monoisotopic (exact) mass is 282 g/mol. The first-order chi connectivity index (χ1) is 9.10. The lowest BCUT2D eigenvalue weighted by molar-refractivity contribution is 0.416. The van der Waals surface area contributed by atoms with Crippen molar-refractivity contribution >= 4 is 9.84 Å². The molecular weight excluding hydrogens is 256 g/mol. The maximum Gasteiger partial charge on any atom is 0.178 e. The lowest BCUT2D eigenvalue weighted by Crippen LogP contribution is -2.12. The topological polar surface area (TPSA) is 34.1 Å². The summed E-state index contributed by atoms with van der Waals surface area (Å²) in [6, 6.07) is 8.80. The third-order valence-electron chi connectivity index (χ3n) is 3.56. The number of hydrogen-bond donors (Lipinski definition) is 0. The van der Waals surface area contributed by atoms with Crippen LogP contribution >= 0.6 is 0 Å². The standard InChI is InChI=1S/C16H26O2S/c1-3-5-10-15(9-4-2)13-14-19(17,18)16-11-7-6-8-12-16/h6-8,11-12,15H,3-5,9-10,13-14H2,1-2H3. The van der Waals surface area contributed by atoms with E-state index >= 15 is 0 Å². The highest BCUT2D eigenvalue weighted by atomic mass is 32.2. The number of unbranched alkanes of at least 4 members (excludes halogenated alkanes) is 1. The molecular formula is C16H26O2S. The van der Waals surface area contributed by atoms with Crippen molar-refractivity contribution in [1.82, 2.24) is 0 Å². The summed E-state index contributed by atoms with van der Waals surface area (Å²) in [4.78, 5) is 0.459. The van der Waals surface area contributed by atoms with Crippen LogP contribution in [0.5, 0.6) is 0 Å². The number of sulfone groups is 1. The summed E-state index contributed by atoms with van der Waals surface area (Å²) >= 11 is 0. The molecule has 1 unspecified atom stereocenters. The summed E-state index contributed by atoms with van der Waals surface area (Å²) in [6.45, 7) is 4.36. The molecule has 0 radical (unpaired) electrons. The van der Waals surface area contributed by atoms with Crippen molar-refractivity contribution in [3.05, 3.63) is 30.3 Å². The predicted molar refractivity (Wildman–Crippen MR) is 81.0 cm³/mol. The van der Waals surface area contributed by atoms with Crippen molar-refractivity contribution in [3.8, 4) is 0 Å². The molecule has 0 bridgehead atoms. The molecule has 0 aliphatic rings. The SMILES string of the molecule is CCCCC(CCC)CCS(=O)(=O)c1ccccc1. The van der Waals surface area contributed by atoms with E-state index in [0.717, 1.165) is 25.7 Å². The van der Waals surface area contributed by atoms with Gasteiger partial charge in [-0.15, -0.1) is 0 Å². The zero-order chi connectivity index (χ0) is 14.1. The Bertz CT molecular complexity index is 437. The highest BCUT2D eigenvalue weighted by Crippen LogP contribution is 2.21. The Balaban J connectivity index is 2.57. The number of hydrogen-bond acceptors (Lipinski definition) is 2. The van der Waals surface area contributed by atoms with E-state index in [2.05, 4.69) is 13.8 Å². The van der Waals surface area contributed by atoms with Crippen LogP contribution in [-0.2, 0) is 9.84 Å². The van der Waals surface area contributed by atoms with Crippen LogP contribution in [0.25, 0.3) is 0 Å². The average molecular weight is 282 g/mol. The normalized spacial score (nSPS) is 13.4. The van der Waals surface area contributed by atoms with Gasteiger partial charge in [0.1, 0.15) is 0 Å². The quantitative estimate of drug-likeness (QED) is 0.670. The van der Waals surface area contributed by atoms with Crippen molar-refractivity contribution in [2.75, 3.05) is 5.75 Å². The van der Waals surface area contributed by atoms with Gasteiger partial charge in [0.05, 0.1) is 10.6 Å². The molecule has 0 heterocycles. The van der Waals surface area contributed by atoms with Crippen LogP contribution in [0.3, 0.4) is 0 Å². The minimum absolute atomic E-state index is 0.283. The molecule has 0 saturated carbocycles. The molecule has 0 saturated heterocycles. The van der Waals surface area contributed by atoms with Crippen molar-refractivity contribution in [2.45, 2.75) is 57.3 Å². The van der Waals surface area contributed by atoms with Crippen molar-refractivity contribution in [3.63, 3.8) is 0 Å². The van der Waals surface area contributed by atoms with Crippen LogP contribution in [0.2, 0.25) is 0 Å². The van der Waals surface area contributed by atoms with E-state index in [4.69, 9.17) is 0 Å². The van der Waals surface area contributed by atoms with E-state index in [0.29, 0.717) is 10.8 Å². The molecule has 0 amide bonds. The summed E-state index contributed by atoms with van der Waals surface area (Å²) in [7, 11) is -3.10. The third-order valence-corrected chi connectivity index (χ3v) is 5.32. The van der Waals surface area contributed by atoms with Gasteiger partial charge in [0.2, 0.25) is 0 Å². The van der Waals surface area contributed by atoms with Gasteiger partial charge in [-0.1, -0.05) is 64.2 Å². The zero-order valence-electron chi connectivity index (χ0n) is 12.1. The van der Waals surface area contributed by atoms with E-state index < -0.39 is 9.84 Å². The van der Waals surface area contributed by atoms with E-state index in [1.807, 2.05) is 6.07 Å². The fraction of sp³-hybridized carbons (Fsp3) is 0.625. The molecule has 1 aromatic carbocycles. The third kappa shape index (κ3) is 5.77. The number of rotatable bonds is 9. The summed E-state index contributed by atoms with van der Waals surface area (Å²) in [5, 5.41) is 0. The molecule has 0 aliphatic carbocycles. The fourth-order valence-electron chi connectivity index (χ4n) is 2.40. The first kappa shape index (κ1) is 16.2. The van der Waals surface area contributed by atoms with Gasteiger partial charge in [0, 0.05) is 0 Å². The van der Waals surface area contributed by atoms with Gasteiger partial charge in [0.25, 0.3) is 0 Å². The summed E-state index contributed by atoms with van der Waals surface area (Å²) in [5.41, 5.74) is 0. The lowest BCUT2D eigenvalue weighted by atomic mass is 9.95. The van der Waals surface area contributed by atoms with Crippen LogP contribution in [-0.4, -0.2) is 14.2 Å². The Hall–Kier alpha value is -0.830. The maximum atomic E-state index is 12.2. The molecule has 19 heavy (non-hydrogen) atoms. The van der Waals surface area contributed by atoms with Gasteiger partial charge in [-0.25, -0.2) is 8.42 Å². The van der Waals surface area contributed by atoms with E-state index in [1.165, 1.54) is 12.8 Å². The Kier molecular flexibility index (Phi) is 7.14. The number of benzene rings is 1. The van der Waals surface area contributed by atoms with Crippen LogP contribution in [0.4, 0.5) is 0 Å². The van der Waals surface area contributed by atoms with E-state index in [1.54, 1.807) is 24.3 Å². The van der Waals surface area contributed by atoms with Gasteiger partial charge in [0.15, 0.2) is 9.84 Å². The van der Waals surface area contributed by atoms with Crippen molar-refractivity contribution in [2.24, 2.45) is 5.92 Å². The Labute approximate surface area is 118 Å². The van der Waals surface area contributed by atoms with Crippen LogP contribution < -0.4 is 0 Å². The highest BCUT2D eigenvalue weighted by molar-refractivity contribution is 7.91. The second-order valence-electron chi connectivity index (χ2n) is 5.22. The van der Waals surface area contributed by atoms with Gasteiger partial charge < -0.3 is 0 Å². The van der Waals surface area contributed by atoms with Crippen molar-refractivity contribution < 1.29 is 8.42 Å². The highest BCUT2D eigenvalue weighted by Gasteiger charge is 2.17. The molecule has 108 valence electrons. The molecule has 1 rings (SSSR count). The van der Waals surface area contributed by atoms with E-state index in [-0.39, 0.29) is 5.75 Å². The minimum atomic E-state index is -3.10. The van der Waals surface area contributed by atoms with Crippen molar-refractivity contribution in [1.29, 1.82) is 0 Å². The molecule has 0 spiro atoms. The second kappa shape index (κ2) is 8.36. The zero-order valence-corrected chi connectivity index (χ0v) is 13.0. The Morgan fingerprint density at radius 3 is 2.21 bits per heavy atom. The van der Waals surface area contributed by atoms with Gasteiger partial charge in [-0.2, -0.15) is 0 Å². The predicted octanol–water partition coefficient (Wildman–Crippen LogP) is 4.46. The molecule has 2 nitrogen and oxygen atoms in total. The largest absolute Gasteiger partial charge is 0.224 e. The van der Waals surface area contributed by atoms with Gasteiger partial charge >= 0.3 is 0 Å². The van der Waals surface area contributed by atoms with Gasteiger partial charge in [-0.3, -0.25) is 0 Å². The van der Waals surface area contributed by atoms with Crippen LogP contribution in [0.15, 0.2) is 35.2 Å². The first-order valence-corrected chi connectivity index (χ1v) is 9.03. The Morgan fingerprint density at radius 2 is 1.63 bits per heavy atom. The van der Waals surface area contributed by atoms with E-state index in [9.17, 15) is 8.42 Å². The van der Waals surface area contributed by atoms with Crippen LogP contribution in [0, 0.1) is 5.92 Å². The second-order valence-corrected chi connectivity index (χ2v) is 7.33. The minimum Gasteiger partial charge on any atom is -0.224 e. The molecule has 0 aliphatic heterocycles. The summed E-state index contributed by atoms with van der Waals surface area (Å²) in [5.74, 6) is 0.842.